The van der Waals surface area contributed by atoms with Crippen molar-refractivity contribution in [2.45, 2.75) is 52.5 Å². The van der Waals surface area contributed by atoms with Gasteiger partial charge in [-0.1, -0.05) is 51.5 Å². The van der Waals surface area contributed by atoms with Crippen LogP contribution in [0.5, 0.6) is 0 Å². The highest BCUT2D eigenvalue weighted by Gasteiger charge is 2.14. The fourth-order valence-corrected chi connectivity index (χ4v) is 1.87. The number of unbranched alkanes of at least 4 members (excludes halogenated alkanes) is 1. The van der Waals surface area contributed by atoms with Crippen LogP contribution in [0.25, 0.3) is 0 Å². The molecule has 0 fully saturated rings. The van der Waals surface area contributed by atoms with E-state index in [0.29, 0.717) is 5.92 Å². The summed E-state index contributed by atoms with van der Waals surface area (Å²) < 4.78 is 0. The van der Waals surface area contributed by atoms with Crippen LogP contribution in [0.4, 0.5) is 0 Å². The molecule has 100 valence electrons. The molecule has 1 unspecified atom stereocenters. The van der Waals surface area contributed by atoms with Crippen LogP contribution < -0.4 is 5.32 Å². The third-order valence-corrected chi connectivity index (χ3v) is 3.24. The fraction of sp³-hybridized carbons (Fsp3) is 0.562. The quantitative estimate of drug-likeness (QED) is 0.587. The molecule has 2 nitrogen and oxygen atoms in total. The van der Waals surface area contributed by atoms with Crippen LogP contribution in [-0.2, 0) is 0 Å². The lowest BCUT2D eigenvalue weighted by Gasteiger charge is -2.13. The number of nitrogens with one attached hydrogen (secondary N) is 1. The van der Waals surface area contributed by atoms with Gasteiger partial charge < -0.3 is 5.32 Å². The minimum atomic E-state index is -0.0959. The predicted octanol–water partition coefficient (Wildman–Crippen LogP) is 3.77. The first kappa shape index (κ1) is 14.9. The van der Waals surface area contributed by atoms with E-state index in [0.717, 1.165) is 24.9 Å². The maximum atomic E-state index is 12.2. The number of carbonyl (C=O) groups excluding carboxylic acids is 1. The molecule has 1 atom stereocenters. The molecule has 0 spiro atoms. The summed E-state index contributed by atoms with van der Waals surface area (Å²) in [5, 5.41) is 3.27. The van der Waals surface area contributed by atoms with Crippen LogP contribution in [-0.4, -0.2) is 18.4 Å². The molecule has 1 N–H and O–H groups in total. The third-order valence-electron chi connectivity index (χ3n) is 3.24. The van der Waals surface area contributed by atoms with E-state index in [1.807, 2.05) is 19.1 Å². The molecule has 1 rings (SSSR count). The molecule has 18 heavy (non-hydrogen) atoms. The Labute approximate surface area is 111 Å². The maximum Gasteiger partial charge on any atom is 0.179 e. The SMILES string of the molecule is CCCCNC(C)C(=O)c1ccc(C(C)C)cc1. The van der Waals surface area contributed by atoms with Gasteiger partial charge in [-0.2, -0.15) is 0 Å². The smallest absolute Gasteiger partial charge is 0.179 e. The van der Waals surface area contributed by atoms with Crippen LogP contribution in [0.1, 0.15) is 62.4 Å². The average molecular weight is 247 g/mol. The molecular formula is C16H25NO. The van der Waals surface area contributed by atoms with Gasteiger partial charge in [0.25, 0.3) is 0 Å². The Balaban J connectivity index is 2.60. The number of hydrogen-bond donors (Lipinski definition) is 1. The van der Waals surface area contributed by atoms with Gasteiger partial charge in [0.15, 0.2) is 5.78 Å². The van der Waals surface area contributed by atoms with Crippen LogP contribution in [0, 0.1) is 0 Å². The molecule has 0 saturated carbocycles. The normalized spacial score (nSPS) is 12.7. The molecule has 0 radical (unpaired) electrons. The molecule has 1 aromatic carbocycles. The lowest BCUT2D eigenvalue weighted by atomic mass is 9.99. The summed E-state index contributed by atoms with van der Waals surface area (Å²) >= 11 is 0. The Morgan fingerprint density at radius 2 is 1.78 bits per heavy atom. The Hall–Kier alpha value is -1.15. The molecule has 0 aromatic heterocycles. The summed E-state index contributed by atoms with van der Waals surface area (Å²) in [6.07, 6.45) is 2.26. The van der Waals surface area contributed by atoms with Crippen LogP contribution in [0.3, 0.4) is 0 Å². The summed E-state index contributed by atoms with van der Waals surface area (Å²) in [5.74, 6) is 0.690. The third kappa shape index (κ3) is 4.26. The van der Waals surface area contributed by atoms with Gasteiger partial charge >= 0.3 is 0 Å². The maximum absolute atomic E-state index is 12.2. The van der Waals surface area contributed by atoms with E-state index in [-0.39, 0.29) is 11.8 Å². The zero-order valence-corrected chi connectivity index (χ0v) is 12.0. The molecule has 0 aliphatic rings. The van der Waals surface area contributed by atoms with Gasteiger partial charge in [0.05, 0.1) is 6.04 Å². The topological polar surface area (TPSA) is 29.1 Å². The van der Waals surface area contributed by atoms with Crippen molar-refractivity contribution in [2.75, 3.05) is 6.54 Å². The lowest BCUT2D eigenvalue weighted by molar-refractivity contribution is 0.0951. The number of carbonyl (C=O) groups is 1. The Kier molecular flexibility index (Phi) is 6.06. The zero-order valence-electron chi connectivity index (χ0n) is 12.0. The van der Waals surface area contributed by atoms with Crippen molar-refractivity contribution >= 4 is 5.78 Å². The summed E-state index contributed by atoms with van der Waals surface area (Å²) in [6.45, 7) is 9.32. The fourth-order valence-electron chi connectivity index (χ4n) is 1.87. The lowest BCUT2D eigenvalue weighted by Crippen LogP contribution is -2.34. The highest BCUT2D eigenvalue weighted by molar-refractivity contribution is 5.99. The van der Waals surface area contributed by atoms with Gasteiger partial charge in [-0.05, 0) is 31.4 Å². The number of ketones is 1. The average Bonchev–Trinajstić information content (AvgIpc) is 2.38. The van der Waals surface area contributed by atoms with Crippen molar-refractivity contribution in [3.63, 3.8) is 0 Å². The predicted molar refractivity (Wildman–Crippen MR) is 77.2 cm³/mol. The van der Waals surface area contributed by atoms with Gasteiger partial charge in [0.2, 0.25) is 0 Å². The molecular weight excluding hydrogens is 222 g/mol. The van der Waals surface area contributed by atoms with E-state index in [1.165, 1.54) is 5.56 Å². The molecule has 0 heterocycles. The first-order valence-corrected chi connectivity index (χ1v) is 6.93. The second-order valence-electron chi connectivity index (χ2n) is 5.17. The minimum Gasteiger partial charge on any atom is -0.307 e. The van der Waals surface area contributed by atoms with E-state index in [9.17, 15) is 4.79 Å². The number of rotatable bonds is 7. The number of hydrogen-bond acceptors (Lipinski definition) is 2. The van der Waals surface area contributed by atoms with Crippen molar-refractivity contribution in [3.8, 4) is 0 Å². The van der Waals surface area contributed by atoms with Crippen molar-refractivity contribution in [1.82, 2.24) is 5.32 Å². The first-order chi connectivity index (χ1) is 8.56. The minimum absolute atomic E-state index is 0.0959. The molecule has 0 amide bonds. The van der Waals surface area contributed by atoms with Crippen LogP contribution in [0.2, 0.25) is 0 Å². The first-order valence-electron chi connectivity index (χ1n) is 6.93. The van der Waals surface area contributed by atoms with Crippen molar-refractivity contribution in [2.24, 2.45) is 0 Å². The standard InChI is InChI=1S/C16H25NO/c1-5-6-11-17-13(4)16(18)15-9-7-14(8-10-15)12(2)3/h7-10,12-13,17H,5-6,11H2,1-4H3. The second kappa shape index (κ2) is 7.32. The number of benzene rings is 1. The molecule has 0 aliphatic carbocycles. The Morgan fingerprint density at radius 1 is 1.17 bits per heavy atom. The van der Waals surface area contributed by atoms with Gasteiger partial charge in [-0.3, -0.25) is 4.79 Å². The molecule has 1 aromatic rings. The van der Waals surface area contributed by atoms with Gasteiger partial charge in [0.1, 0.15) is 0 Å². The highest BCUT2D eigenvalue weighted by Crippen LogP contribution is 2.15. The molecule has 0 saturated heterocycles. The summed E-state index contributed by atoms with van der Waals surface area (Å²) in [4.78, 5) is 12.2. The van der Waals surface area contributed by atoms with E-state index in [1.54, 1.807) is 0 Å². The zero-order chi connectivity index (χ0) is 13.5. The Morgan fingerprint density at radius 3 is 2.28 bits per heavy atom. The van der Waals surface area contributed by atoms with E-state index < -0.39 is 0 Å². The number of Topliss-reactive ketones (excluding diaryl/α,β-unsaturated/α-hetero) is 1. The molecule has 0 aliphatic heterocycles. The van der Waals surface area contributed by atoms with Crippen molar-refractivity contribution in [3.05, 3.63) is 35.4 Å². The van der Waals surface area contributed by atoms with Crippen molar-refractivity contribution in [1.29, 1.82) is 0 Å². The van der Waals surface area contributed by atoms with Crippen LogP contribution in [0.15, 0.2) is 24.3 Å². The summed E-state index contributed by atoms with van der Waals surface area (Å²) in [7, 11) is 0. The largest absolute Gasteiger partial charge is 0.307 e. The van der Waals surface area contributed by atoms with E-state index in [2.05, 4.69) is 38.2 Å². The van der Waals surface area contributed by atoms with Crippen LogP contribution >= 0.6 is 0 Å². The molecule has 2 heteroatoms. The van der Waals surface area contributed by atoms with E-state index >= 15 is 0 Å². The van der Waals surface area contributed by atoms with Gasteiger partial charge in [-0.25, -0.2) is 0 Å². The Bertz CT molecular complexity index is 367. The van der Waals surface area contributed by atoms with Gasteiger partial charge in [0, 0.05) is 5.56 Å². The second-order valence-corrected chi connectivity index (χ2v) is 5.17. The highest BCUT2D eigenvalue weighted by atomic mass is 16.1. The summed E-state index contributed by atoms with van der Waals surface area (Å²) in [6, 6.07) is 7.89. The van der Waals surface area contributed by atoms with Gasteiger partial charge in [-0.15, -0.1) is 0 Å². The van der Waals surface area contributed by atoms with E-state index in [4.69, 9.17) is 0 Å². The van der Waals surface area contributed by atoms with Crippen molar-refractivity contribution < 1.29 is 4.79 Å². The monoisotopic (exact) mass is 247 g/mol. The summed E-state index contributed by atoms with van der Waals surface area (Å²) in [5.41, 5.74) is 2.08. The molecule has 0 bridgehead atoms.